The molecule has 1 aliphatic heterocycles. The molecule has 1 aromatic heterocycles. The maximum Gasteiger partial charge on any atom is 0.276 e. The third kappa shape index (κ3) is 5.65. The highest BCUT2D eigenvalue weighted by atomic mass is 16.5. The third-order valence-electron chi connectivity index (χ3n) is 4.87. The minimum absolute atomic E-state index is 0.0904. The molecule has 3 rings (SSSR count). The minimum atomic E-state index is -0.0904. The fourth-order valence-corrected chi connectivity index (χ4v) is 3.42. The molecule has 1 atom stereocenters. The number of nitrogens with zero attached hydrogens (tertiary/aromatic N) is 3. The van der Waals surface area contributed by atoms with Crippen molar-refractivity contribution in [3.63, 3.8) is 0 Å². The highest BCUT2D eigenvalue weighted by Gasteiger charge is 2.23. The van der Waals surface area contributed by atoms with Crippen LogP contribution in [0.25, 0.3) is 0 Å². The zero-order valence-electron chi connectivity index (χ0n) is 16.3. The summed E-state index contributed by atoms with van der Waals surface area (Å²) in [6.07, 6.45) is 3.42. The first-order valence-corrected chi connectivity index (χ1v) is 9.74. The number of carbonyl (C=O) groups is 1. The maximum atomic E-state index is 12.8. The Hall–Kier alpha value is -2.18. The average molecular weight is 371 g/mol. The molecular weight excluding hydrogens is 342 g/mol. The quantitative estimate of drug-likeness (QED) is 0.712. The van der Waals surface area contributed by atoms with E-state index in [0.717, 1.165) is 32.4 Å². The van der Waals surface area contributed by atoms with E-state index < -0.39 is 0 Å². The number of ether oxygens (including phenoxy) is 1. The first kappa shape index (κ1) is 19.6. The Kier molecular flexibility index (Phi) is 7.01. The lowest BCUT2D eigenvalue weighted by molar-refractivity contribution is -0.00330. The molecule has 0 aliphatic carbocycles. The lowest BCUT2D eigenvalue weighted by Gasteiger charge is -2.28. The minimum Gasteiger partial charge on any atom is -0.376 e. The molecule has 2 aromatic rings. The van der Waals surface area contributed by atoms with E-state index in [1.807, 2.05) is 32.2 Å². The van der Waals surface area contributed by atoms with Gasteiger partial charge in [-0.3, -0.25) is 9.69 Å². The molecule has 27 heavy (non-hydrogen) atoms. The fraction of sp³-hybridized carbons (Fsp3) is 0.524. The van der Waals surface area contributed by atoms with Crippen LogP contribution in [0.4, 0.5) is 0 Å². The molecule has 1 fully saturated rings. The Morgan fingerprint density at radius 3 is 2.74 bits per heavy atom. The van der Waals surface area contributed by atoms with Crippen LogP contribution in [0, 0.1) is 0 Å². The number of amides is 1. The van der Waals surface area contributed by atoms with Gasteiger partial charge in [0.1, 0.15) is 0 Å². The molecule has 146 valence electrons. The topological polar surface area (TPSA) is 58.8 Å². The van der Waals surface area contributed by atoms with Gasteiger partial charge in [-0.1, -0.05) is 35.5 Å². The third-order valence-corrected chi connectivity index (χ3v) is 4.87. The van der Waals surface area contributed by atoms with Crippen molar-refractivity contribution < 1.29 is 14.1 Å². The van der Waals surface area contributed by atoms with E-state index in [4.69, 9.17) is 9.26 Å². The second-order valence-corrected chi connectivity index (χ2v) is 7.17. The summed E-state index contributed by atoms with van der Waals surface area (Å²) in [7, 11) is 2.02. The molecule has 0 bridgehead atoms. The van der Waals surface area contributed by atoms with Crippen LogP contribution in [0.5, 0.6) is 0 Å². The van der Waals surface area contributed by atoms with Gasteiger partial charge >= 0.3 is 0 Å². The van der Waals surface area contributed by atoms with Crippen molar-refractivity contribution in [1.82, 2.24) is 15.0 Å². The molecule has 0 unspecified atom stereocenters. The highest BCUT2D eigenvalue weighted by Crippen LogP contribution is 2.16. The molecule has 0 N–H and O–H groups in total. The van der Waals surface area contributed by atoms with Gasteiger partial charge in [0, 0.05) is 32.3 Å². The van der Waals surface area contributed by atoms with Gasteiger partial charge in [-0.25, -0.2) is 0 Å². The van der Waals surface area contributed by atoms with Crippen molar-refractivity contribution in [3.05, 3.63) is 53.4 Å². The van der Waals surface area contributed by atoms with Gasteiger partial charge in [-0.05, 0) is 38.8 Å². The monoisotopic (exact) mass is 371 g/mol. The van der Waals surface area contributed by atoms with Crippen molar-refractivity contribution >= 4 is 5.91 Å². The summed E-state index contributed by atoms with van der Waals surface area (Å²) < 4.78 is 11.2. The lowest BCUT2D eigenvalue weighted by atomic mass is 10.1. The number of benzene rings is 1. The Balaban J connectivity index is 1.55. The molecule has 2 heterocycles. The van der Waals surface area contributed by atoms with E-state index in [2.05, 4.69) is 22.2 Å². The average Bonchev–Trinajstić information content (AvgIpc) is 3.15. The zero-order valence-corrected chi connectivity index (χ0v) is 16.3. The molecule has 0 spiro atoms. The summed E-state index contributed by atoms with van der Waals surface area (Å²) in [4.78, 5) is 16.7. The van der Waals surface area contributed by atoms with Crippen LogP contribution in [0.15, 0.2) is 40.9 Å². The standard InChI is InChI=1S/C21H29N3O3/c1-3-24(16-18-11-7-8-12-26-18)21(25)20-13-19(27-22-20)15-23(2)14-17-9-5-4-6-10-17/h4-6,9-10,13,18H,3,7-8,11-12,14-16H2,1-2H3/t18-/m0/s1. The van der Waals surface area contributed by atoms with Gasteiger partial charge in [-0.15, -0.1) is 0 Å². The fourth-order valence-electron chi connectivity index (χ4n) is 3.42. The van der Waals surface area contributed by atoms with E-state index in [9.17, 15) is 4.79 Å². The van der Waals surface area contributed by atoms with Crippen LogP contribution in [0.3, 0.4) is 0 Å². The number of rotatable bonds is 8. The molecule has 1 amide bonds. The number of aromatic nitrogens is 1. The largest absolute Gasteiger partial charge is 0.376 e. The molecule has 1 aliphatic rings. The van der Waals surface area contributed by atoms with E-state index in [-0.39, 0.29) is 12.0 Å². The first-order chi connectivity index (χ1) is 13.2. The second kappa shape index (κ2) is 9.67. The van der Waals surface area contributed by atoms with Gasteiger partial charge in [0.25, 0.3) is 5.91 Å². The van der Waals surface area contributed by atoms with Crippen molar-refractivity contribution in [1.29, 1.82) is 0 Å². The summed E-state index contributed by atoms with van der Waals surface area (Å²) in [5, 5.41) is 4.00. The summed E-state index contributed by atoms with van der Waals surface area (Å²) in [5.74, 6) is 0.606. The van der Waals surface area contributed by atoms with Crippen molar-refractivity contribution in [2.45, 2.75) is 45.4 Å². The van der Waals surface area contributed by atoms with E-state index in [1.165, 1.54) is 5.56 Å². The van der Waals surface area contributed by atoms with Crippen LogP contribution in [-0.4, -0.2) is 53.7 Å². The number of hydrogen-bond acceptors (Lipinski definition) is 5. The van der Waals surface area contributed by atoms with E-state index in [0.29, 0.717) is 31.1 Å². The van der Waals surface area contributed by atoms with Crippen LogP contribution >= 0.6 is 0 Å². The Morgan fingerprint density at radius 2 is 2.04 bits per heavy atom. The summed E-state index contributed by atoms with van der Waals surface area (Å²) in [6, 6.07) is 12.0. The van der Waals surface area contributed by atoms with E-state index >= 15 is 0 Å². The summed E-state index contributed by atoms with van der Waals surface area (Å²) in [5.41, 5.74) is 1.61. The van der Waals surface area contributed by atoms with Crippen LogP contribution in [0.2, 0.25) is 0 Å². The molecule has 6 nitrogen and oxygen atoms in total. The molecule has 1 saturated heterocycles. The molecular formula is C21H29N3O3. The Labute approximate surface area is 161 Å². The van der Waals surface area contributed by atoms with Gasteiger partial charge in [0.05, 0.1) is 12.6 Å². The first-order valence-electron chi connectivity index (χ1n) is 9.74. The predicted octanol–water partition coefficient (Wildman–Crippen LogP) is 3.34. The van der Waals surface area contributed by atoms with E-state index in [1.54, 1.807) is 11.0 Å². The van der Waals surface area contributed by atoms with Crippen LogP contribution in [0.1, 0.15) is 48.0 Å². The lowest BCUT2D eigenvalue weighted by Crippen LogP contribution is -2.39. The van der Waals surface area contributed by atoms with Crippen molar-refractivity contribution in [2.24, 2.45) is 0 Å². The van der Waals surface area contributed by atoms with Crippen molar-refractivity contribution in [2.75, 3.05) is 26.7 Å². The second-order valence-electron chi connectivity index (χ2n) is 7.17. The van der Waals surface area contributed by atoms with Gasteiger partial charge in [-0.2, -0.15) is 0 Å². The molecule has 0 saturated carbocycles. The normalized spacial score (nSPS) is 17.2. The molecule has 0 radical (unpaired) electrons. The molecule has 6 heteroatoms. The van der Waals surface area contributed by atoms with Gasteiger partial charge in [0.15, 0.2) is 11.5 Å². The Morgan fingerprint density at radius 1 is 1.22 bits per heavy atom. The number of hydrogen-bond donors (Lipinski definition) is 0. The smallest absolute Gasteiger partial charge is 0.276 e. The maximum absolute atomic E-state index is 12.8. The van der Waals surface area contributed by atoms with Crippen LogP contribution < -0.4 is 0 Å². The summed E-state index contributed by atoms with van der Waals surface area (Å²) >= 11 is 0. The van der Waals surface area contributed by atoms with Crippen molar-refractivity contribution in [3.8, 4) is 0 Å². The SMILES string of the molecule is CCN(C[C@@H]1CCCCO1)C(=O)c1cc(CN(C)Cc2ccccc2)on1. The zero-order chi connectivity index (χ0) is 19.1. The predicted molar refractivity (Wildman–Crippen MR) is 103 cm³/mol. The Bertz CT molecular complexity index is 710. The van der Waals surface area contributed by atoms with Crippen LogP contribution in [-0.2, 0) is 17.8 Å². The molecule has 1 aromatic carbocycles. The number of carbonyl (C=O) groups excluding carboxylic acids is 1. The van der Waals surface area contributed by atoms with Gasteiger partial charge in [0.2, 0.25) is 0 Å². The summed E-state index contributed by atoms with van der Waals surface area (Å²) in [6.45, 7) is 5.44. The van der Waals surface area contributed by atoms with Gasteiger partial charge < -0.3 is 14.2 Å². The number of likely N-dealkylation sites (N-methyl/N-ethyl adjacent to an activating group) is 1. The highest BCUT2D eigenvalue weighted by molar-refractivity contribution is 5.92.